The zero-order valence-electron chi connectivity index (χ0n) is 14.8. The van der Waals surface area contributed by atoms with Crippen LogP contribution >= 0.6 is 7.60 Å². The number of rotatable bonds is 5. The van der Waals surface area contributed by atoms with Gasteiger partial charge in [-0.2, -0.15) is 0 Å². The van der Waals surface area contributed by atoms with Crippen molar-refractivity contribution in [2.75, 3.05) is 14.2 Å². The Hall–Kier alpha value is -1.00. The van der Waals surface area contributed by atoms with E-state index in [0.717, 1.165) is 0 Å². The van der Waals surface area contributed by atoms with Crippen LogP contribution in [0.1, 0.15) is 15.9 Å². The molecule has 0 unspecified atom stereocenters. The summed E-state index contributed by atoms with van der Waals surface area (Å²) in [7, 11) is -1.33. The average molecular weight is 394 g/mol. The Kier molecular flexibility index (Phi) is 9.73. The third-order valence-corrected chi connectivity index (χ3v) is 4.67. The molecule has 0 saturated heterocycles. The molecule has 0 spiro atoms. The van der Waals surface area contributed by atoms with Gasteiger partial charge in [0.1, 0.15) is 0 Å². The minimum absolute atomic E-state index is 0. The van der Waals surface area contributed by atoms with Crippen LogP contribution in [-0.2, 0) is 13.6 Å². The van der Waals surface area contributed by atoms with Crippen LogP contribution in [0.25, 0.3) is 5.76 Å². The molecule has 0 radical (unpaired) electrons. The smallest absolute Gasteiger partial charge is 0.871 e. The van der Waals surface area contributed by atoms with E-state index in [2.05, 4.69) is 11.6 Å². The molecule has 0 aliphatic heterocycles. The Bertz CT molecular complexity index is 874. The van der Waals surface area contributed by atoms with Crippen molar-refractivity contribution in [3.05, 3.63) is 77.4 Å². The number of ketones is 1. The molecule has 0 aromatic heterocycles. The fourth-order valence-electron chi connectivity index (χ4n) is 1.97. The molecule has 0 atom stereocenters. The summed E-state index contributed by atoms with van der Waals surface area (Å²) >= 11 is 0. The summed E-state index contributed by atoms with van der Waals surface area (Å²) in [6, 6.07) is 16.5. The molecule has 0 heterocycles. The van der Waals surface area contributed by atoms with Gasteiger partial charge < -0.3 is 14.2 Å². The number of carbonyl (C=O) groups is 1. The first-order valence-corrected chi connectivity index (χ1v) is 8.86. The van der Waals surface area contributed by atoms with E-state index < -0.39 is 19.1 Å². The van der Waals surface area contributed by atoms with E-state index in [1.807, 2.05) is 0 Å². The monoisotopic (exact) mass is 394 g/mol. The maximum atomic E-state index is 12.7. The summed E-state index contributed by atoms with van der Waals surface area (Å²) in [6.07, 6.45) is 0. The quantitative estimate of drug-likeness (QED) is 0.179. The topological polar surface area (TPSA) is 75.7 Å². The van der Waals surface area contributed by atoms with Gasteiger partial charge in [0.05, 0.1) is 5.57 Å². The number of carbonyl (C=O) groups excluding carboxylic acids is 1. The molecule has 128 valence electrons. The van der Waals surface area contributed by atoms with E-state index in [1.165, 1.54) is 14.2 Å². The first-order valence-electron chi connectivity index (χ1n) is 7.32. The molecule has 0 aliphatic carbocycles. The summed E-state index contributed by atoms with van der Waals surface area (Å²) in [5.74, 6) is 1.30. The van der Waals surface area contributed by atoms with E-state index in [0.29, 0.717) is 11.1 Å². The molecule has 0 aliphatic rings. The molecule has 0 fully saturated rings. The first kappa shape index (κ1) is 23.0. The summed E-state index contributed by atoms with van der Waals surface area (Å²) in [4.78, 5) is 12.7. The van der Waals surface area contributed by atoms with Crippen LogP contribution in [0.3, 0.4) is 0 Å². The van der Waals surface area contributed by atoms with Gasteiger partial charge in [-0.15, -0.1) is 0 Å². The van der Waals surface area contributed by atoms with Gasteiger partial charge >= 0.3 is 59.0 Å². The molecule has 0 N–H and O–H groups in total. The molecule has 5 nitrogen and oxygen atoms in total. The standard InChI is InChI=1S/C19H17O5P.K/c1-23-25(22,24-2)14-13-17(18(20)15-9-5-3-6-10-15)19(21)16-11-7-4-8-12-16;/h3-12,20H,1-2H3;/q;+1/p-1/b18-17+;. The van der Waals surface area contributed by atoms with E-state index >= 15 is 0 Å². The largest absolute Gasteiger partial charge is 1.00 e. The Morgan fingerprint density at radius 3 is 1.85 bits per heavy atom. The van der Waals surface area contributed by atoms with Crippen LogP contribution in [0.2, 0.25) is 0 Å². The Labute approximate surface area is 195 Å². The van der Waals surface area contributed by atoms with Crippen molar-refractivity contribution in [1.29, 1.82) is 0 Å². The number of hydrogen-bond acceptors (Lipinski definition) is 5. The number of benzene rings is 2. The second kappa shape index (κ2) is 11.0. The van der Waals surface area contributed by atoms with E-state index in [4.69, 9.17) is 9.05 Å². The predicted octanol–water partition coefficient (Wildman–Crippen LogP) is 0.0917. The van der Waals surface area contributed by atoms with Crippen LogP contribution in [-0.4, -0.2) is 20.0 Å². The second-order valence-corrected chi connectivity index (χ2v) is 6.81. The molecule has 0 saturated carbocycles. The molecule has 2 rings (SSSR count). The van der Waals surface area contributed by atoms with E-state index in [-0.39, 0.29) is 57.0 Å². The van der Waals surface area contributed by atoms with Crippen molar-refractivity contribution >= 4 is 19.1 Å². The van der Waals surface area contributed by atoms with E-state index in [1.54, 1.807) is 60.7 Å². The minimum Gasteiger partial charge on any atom is -0.871 e. The van der Waals surface area contributed by atoms with Crippen molar-refractivity contribution in [1.82, 2.24) is 0 Å². The Morgan fingerprint density at radius 1 is 0.923 bits per heavy atom. The molecule has 2 aromatic carbocycles. The van der Waals surface area contributed by atoms with Gasteiger partial charge in [-0.1, -0.05) is 72.3 Å². The molecular weight excluding hydrogens is 378 g/mol. The second-order valence-electron chi connectivity index (χ2n) is 4.86. The third-order valence-electron chi connectivity index (χ3n) is 3.32. The molecule has 2 aromatic rings. The third kappa shape index (κ3) is 6.02. The van der Waals surface area contributed by atoms with Gasteiger partial charge in [-0.25, -0.2) is 4.57 Å². The molecular formula is C19H16KO5P. The first-order chi connectivity index (χ1) is 12.0. The summed E-state index contributed by atoms with van der Waals surface area (Å²) in [6.45, 7) is 0. The zero-order valence-corrected chi connectivity index (χ0v) is 18.8. The maximum absolute atomic E-state index is 12.7. The van der Waals surface area contributed by atoms with Crippen LogP contribution in [0.15, 0.2) is 66.2 Å². The van der Waals surface area contributed by atoms with Crippen LogP contribution in [0.4, 0.5) is 0 Å². The van der Waals surface area contributed by atoms with Gasteiger partial charge in [-0.05, 0) is 5.56 Å². The number of allylic oxidation sites excluding steroid dienone is 1. The van der Waals surface area contributed by atoms with Gasteiger partial charge in [0.15, 0.2) is 0 Å². The number of hydrogen-bond donors (Lipinski definition) is 0. The van der Waals surface area contributed by atoms with Crippen molar-refractivity contribution in [2.24, 2.45) is 0 Å². The maximum Gasteiger partial charge on any atom is 1.00 e. The fraction of sp³-hybridized carbons (Fsp3) is 0.105. The van der Waals surface area contributed by atoms with Gasteiger partial charge in [-0.3, -0.25) is 4.79 Å². The van der Waals surface area contributed by atoms with Crippen LogP contribution in [0, 0.1) is 11.6 Å². The Balaban J connectivity index is 0.00000338. The summed E-state index contributed by atoms with van der Waals surface area (Å²) in [5, 5.41) is 12.7. The summed E-state index contributed by atoms with van der Waals surface area (Å²) < 4.78 is 21.6. The Morgan fingerprint density at radius 2 is 1.38 bits per heavy atom. The average Bonchev–Trinajstić information content (AvgIpc) is 2.68. The zero-order chi connectivity index (χ0) is 18.3. The normalized spacial score (nSPS) is 11.5. The predicted molar refractivity (Wildman–Crippen MR) is 93.5 cm³/mol. The fourth-order valence-corrected chi connectivity index (χ4v) is 2.55. The van der Waals surface area contributed by atoms with Crippen molar-refractivity contribution in [2.45, 2.75) is 0 Å². The van der Waals surface area contributed by atoms with Gasteiger partial charge in [0.2, 0.25) is 5.78 Å². The minimum atomic E-state index is -3.68. The molecule has 0 bridgehead atoms. The molecule has 7 heteroatoms. The molecule has 26 heavy (non-hydrogen) atoms. The van der Waals surface area contributed by atoms with Crippen LogP contribution < -0.4 is 56.5 Å². The van der Waals surface area contributed by atoms with Gasteiger partial charge in [0, 0.05) is 25.4 Å². The van der Waals surface area contributed by atoms with E-state index in [9.17, 15) is 14.5 Å². The van der Waals surface area contributed by atoms with Crippen molar-refractivity contribution in [3.63, 3.8) is 0 Å². The number of Topliss-reactive ketones (excluding diaryl/α,β-unsaturated/α-hetero) is 1. The van der Waals surface area contributed by atoms with Gasteiger partial charge in [0.25, 0.3) is 0 Å². The summed E-state index contributed by atoms with van der Waals surface area (Å²) in [5.41, 5.74) is 2.59. The van der Waals surface area contributed by atoms with Crippen molar-refractivity contribution in [3.8, 4) is 11.6 Å². The van der Waals surface area contributed by atoms with Crippen LogP contribution in [0.5, 0.6) is 0 Å². The van der Waals surface area contributed by atoms with Crippen molar-refractivity contribution < 1.29 is 74.9 Å². The molecule has 0 amide bonds. The SMILES string of the molecule is COP(=O)(C#C/C(C(=O)c1ccccc1)=C(\[O-])c1ccccc1)OC.[K+].